The molecule has 2 N–H and O–H groups in total. The normalized spacial score (nSPS) is 11.2. The van der Waals surface area contributed by atoms with Crippen LogP contribution in [0.4, 0.5) is 4.79 Å². The second kappa shape index (κ2) is 11.5. The predicted molar refractivity (Wildman–Crippen MR) is 108 cm³/mol. The van der Waals surface area contributed by atoms with Crippen LogP contribution in [0.25, 0.3) is 0 Å². The average Bonchev–Trinajstić information content (AvgIpc) is 2.72. The number of urea groups is 1. The van der Waals surface area contributed by atoms with Crippen molar-refractivity contribution in [3.63, 3.8) is 0 Å². The van der Waals surface area contributed by atoms with E-state index in [9.17, 15) is 14.4 Å². The van der Waals surface area contributed by atoms with Gasteiger partial charge in [0.1, 0.15) is 5.75 Å². The van der Waals surface area contributed by atoms with Crippen molar-refractivity contribution in [2.45, 2.75) is 32.8 Å². The molecule has 2 aromatic rings. The van der Waals surface area contributed by atoms with Crippen LogP contribution >= 0.6 is 0 Å². The highest BCUT2D eigenvalue weighted by Crippen LogP contribution is 2.22. The number of hydrogen-bond donors (Lipinski definition) is 2. The van der Waals surface area contributed by atoms with Crippen molar-refractivity contribution in [3.05, 3.63) is 65.7 Å². The minimum absolute atomic E-state index is 0.0713. The van der Waals surface area contributed by atoms with E-state index in [0.29, 0.717) is 25.1 Å². The largest absolute Gasteiger partial charge is 0.494 e. The molecule has 0 aromatic heterocycles. The Kier molecular flexibility index (Phi) is 8.69. The Morgan fingerprint density at radius 3 is 2.34 bits per heavy atom. The molecule has 0 fully saturated rings. The maximum atomic E-state index is 12.5. The number of ether oxygens (including phenoxy) is 2. The van der Waals surface area contributed by atoms with E-state index in [-0.39, 0.29) is 6.42 Å². The van der Waals surface area contributed by atoms with Gasteiger partial charge in [-0.05, 0) is 31.9 Å². The third-order valence-corrected chi connectivity index (χ3v) is 4.03. The Balaban J connectivity index is 2.05. The van der Waals surface area contributed by atoms with Crippen LogP contribution in [0.5, 0.6) is 5.75 Å². The van der Waals surface area contributed by atoms with E-state index in [1.54, 1.807) is 37.3 Å². The van der Waals surface area contributed by atoms with E-state index in [1.165, 1.54) is 0 Å². The van der Waals surface area contributed by atoms with Crippen LogP contribution in [0.1, 0.15) is 37.5 Å². The molecule has 3 amide bonds. The van der Waals surface area contributed by atoms with E-state index in [2.05, 4.69) is 10.6 Å². The summed E-state index contributed by atoms with van der Waals surface area (Å²) in [6, 6.07) is 15.4. The summed E-state index contributed by atoms with van der Waals surface area (Å²) in [7, 11) is 0. The number of amides is 3. The van der Waals surface area contributed by atoms with Gasteiger partial charge in [0.25, 0.3) is 5.91 Å². The molecule has 0 radical (unpaired) electrons. The van der Waals surface area contributed by atoms with Gasteiger partial charge in [-0.1, -0.05) is 48.5 Å². The van der Waals surface area contributed by atoms with Gasteiger partial charge < -0.3 is 14.8 Å². The van der Waals surface area contributed by atoms with Crippen LogP contribution in [-0.4, -0.2) is 31.1 Å². The zero-order valence-electron chi connectivity index (χ0n) is 16.6. The lowest BCUT2D eigenvalue weighted by Gasteiger charge is -2.18. The zero-order chi connectivity index (χ0) is 21.1. The SMILES string of the molecule is CCNC(=O)NC(=O)[C@@H](OC(=O)CCc1ccccc1OCC)c1ccccc1. The van der Waals surface area contributed by atoms with Crippen LogP contribution in [0.3, 0.4) is 0 Å². The second-order valence-corrected chi connectivity index (χ2v) is 6.17. The smallest absolute Gasteiger partial charge is 0.321 e. The van der Waals surface area contributed by atoms with E-state index in [4.69, 9.17) is 9.47 Å². The maximum Gasteiger partial charge on any atom is 0.321 e. The van der Waals surface area contributed by atoms with Crippen molar-refractivity contribution in [2.24, 2.45) is 0 Å². The number of para-hydroxylation sites is 1. The standard InChI is InChI=1S/C22H26N2O5/c1-3-23-22(27)24-21(26)20(17-11-6-5-7-12-17)29-19(25)15-14-16-10-8-9-13-18(16)28-4-2/h5-13,20H,3-4,14-15H2,1-2H3,(H2,23,24,26,27)/t20-/m0/s1. The highest BCUT2D eigenvalue weighted by molar-refractivity contribution is 5.97. The highest BCUT2D eigenvalue weighted by Gasteiger charge is 2.26. The van der Waals surface area contributed by atoms with Crippen LogP contribution < -0.4 is 15.4 Å². The topological polar surface area (TPSA) is 93.7 Å². The number of rotatable bonds is 9. The fourth-order valence-electron chi connectivity index (χ4n) is 2.72. The van der Waals surface area contributed by atoms with Crippen LogP contribution in [-0.2, 0) is 20.7 Å². The zero-order valence-corrected chi connectivity index (χ0v) is 16.6. The predicted octanol–water partition coefficient (Wildman–Crippen LogP) is 3.15. The average molecular weight is 398 g/mol. The first kappa shape index (κ1) is 21.9. The number of nitrogens with one attached hydrogen (secondary N) is 2. The molecule has 0 aliphatic carbocycles. The van der Waals surface area contributed by atoms with E-state index in [1.807, 2.05) is 31.2 Å². The molecule has 0 saturated carbocycles. The molecular weight excluding hydrogens is 372 g/mol. The highest BCUT2D eigenvalue weighted by atomic mass is 16.5. The number of benzene rings is 2. The second-order valence-electron chi connectivity index (χ2n) is 6.17. The summed E-state index contributed by atoms with van der Waals surface area (Å²) in [5, 5.41) is 4.67. The van der Waals surface area contributed by atoms with Gasteiger partial charge in [-0.25, -0.2) is 4.79 Å². The minimum atomic E-state index is -1.21. The molecule has 0 heterocycles. The Labute approximate surface area is 170 Å². The Hall–Kier alpha value is -3.35. The Bertz CT molecular complexity index is 823. The number of imide groups is 1. The molecule has 29 heavy (non-hydrogen) atoms. The van der Waals surface area contributed by atoms with Crippen LogP contribution in [0, 0.1) is 0 Å². The van der Waals surface area contributed by atoms with Crippen molar-refractivity contribution < 1.29 is 23.9 Å². The van der Waals surface area contributed by atoms with Gasteiger partial charge in [0.05, 0.1) is 6.61 Å². The monoisotopic (exact) mass is 398 g/mol. The molecular formula is C22H26N2O5. The molecule has 0 saturated heterocycles. The van der Waals surface area contributed by atoms with Gasteiger partial charge in [0, 0.05) is 18.5 Å². The van der Waals surface area contributed by atoms with Crippen molar-refractivity contribution in [1.29, 1.82) is 0 Å². The molecule has 0 aliphatic heterocycles. The first-order valence-corrected chi connectivity index (χ1v) is 9.59. The molecule has 2 aromatic carbocycles. The molecule has 154 valence electrons. The van der Waals surface area contributed by atoms with Crippen LogP contribution in [0.15, 0.2) is 54.6 Å². The lowest BCUT2D eigenvalue weighted by atomic mass is 10.1. The Morgan fingerprint density at radius 1 is 0.966 bits per heavy atom. The number of carbonyl (C=O) groups is 3. The van der Waals surface area contributed by atoms with Gasteiger partial charge in [-0.2, -0.15) is 0 Å². The minimum Gasteiger partial charge on any atom is -0.494 e. The molecule has 1 atom stereocenters. The molecule has 7 heteroatoms. The summed E-state index contributed by atoms with van der Waals surface area (Å²) in [5.41, 5.74) is 1.37. The fraction of sp³-hybridized carbons (Fsp3) is 0.318. The van der Waals surface area contributed by atoms with E-state index in [0.717, 1.165) is 11.3 Å². The van der Waals surface area contributed by atoms with Gasteiger partial charge in [-0.15, -0.1) is 0 Å². The summed E-state index contributed by atoms with van der Waals surface area (Å²) in [6.07, 6.45) is -0.732. The first-order chi connectivity index (χ1) is 14.0. The molecule has 0 unspecified atom stereocenters. The summed E-state index contributed by atoms with van der Waals surface area (Å²) in [4.78, 5) is 36.6. The number of carbonyl (C=O) groups excluding carboxylic acids is 3. The van der Waals surface area contributed by atoms with Gasteiger partial charge in [0.15, 0.2) is 0 Å². The van der Waals surface area contributed by atoms with Gasteiger partial charge in [-0.3, -0.25) is 14.9 Å². The van der Waals surface area contributed by atoms with E-state index >= 15 is 0 Å². The number of esters is 1. The summed E-state index contributed by atoms with van der Waals surface area (Å²) < 4.78 is 11.0. The molecule has 2 rings (SSSR count). The van der Waals surface area contributed by atoms with Gasteiger partial charge in [0.2, 0.25) is 6.10 Å². The van der Waals surface area contributed by atoms with Crippen molar-refractivity contribution in [3.8, 4) is 5.75 Å². The van der Waals surface area contributed by atoms with Crippen molar-refractivity contribution in [2.75, 3.05) is 13.2 Å². The number of aryl methyl sites for hydroxylation is 1. The molecule has 0 bridgehead atoms. The third kappa shape index (κ3) is 6.95. The van der Waals surface area contributed by atoms with Crippen molar-refractivity contribution in [1.82, 2.24) is 10.6 Å². The summed E-state index contributed by atoms with van der Waals surface area (Å²) >= 11 is 0. The first-order valence-electron chi connectivity index (χ1n) is 9.59. The lowest BCUT2D eigenvalue weighted by Crippen LogP contribution is -2.42. The van der Waals surface area contributed by atoms with Crippen molar-refractivity contribution >= 4 is 17.9 Å². The van der Waals surface area contributed by atoms with E-state index < -0.39 is 24.0 Å². The third-order valence-electron chi connectivity index (χ3n) is 4.03. The molecule has 0 aliphatic rings. The van der Waals surface area contributed by atoms with Crippen LogP contribution in [0.2, 0.25) is 0 Å². The quantitative estimate of drug-likeness (QED) is 0.633. The Morgan fingerprint density at radius 2 is 1.66 bits per heavy atom. The summed E-state index contributed by atoms with van der Waals surface area (Å²) in [5.74, 6) is -0.530. The lowest BCUT2D eigenvalue weighted by molar-refractivity contribution is -0.156. The fourth-order valence-corrected chi connectivity index (χ4v) is 2.72. The molecule has 0 spiro atoms. The molecule has 7 nitrogen and oxygen atoms in total. The van der Waals surface area contributed by atoms with Gasteiger partial charge >= 0.3 is 12.0 Å². The number of hydrogen-bond acceptors (Lipinski definition) is 5. The summed E-state index contributed by atoms with van der Waals surface area (Å²) in [6.45, 7) is 4.52. The maximum absolute atomic E-state index is 12.5.